The number of sulfonamides is 1. The van der Waals surface area contributed by atoms with Crippen LogP contribution >= 0.6 is 0 Å². The Morgan fingerprint density at radius 1 is 1.26 bits per heavy atom. The zero-order valence-corrected chi connectivity index (χ0v) is 19.2. The van der Waals surface area contributed by atoms with Gasteiger partial charge in [0.2, 0.25) is 15.9 Å². The first-order valence-corrected chi connectivity index (χ1v) is 11.7. The van der Waals surface area contributed by atoms with Gasteiger partial charge in [-0.2, -0.15) is 5.10 Å². The number of hydrogen-bond acceptors (Lipinski definition) is 5. The molecule has 2 aliphatic rings. The molecule has 1 atom stereocenters. The molecule has 1 N–H and O–H groups in total. The largest absolute Gasteiger partial charge is 0.331 e. The zero-order valence-electron chi connectivity index (χ0n) is 18.3. The second-order valence-corrected chi connectivity index (χ2v) is 10.6. The summed E-state index contributed by atoms with van der Waals surface area (Å²) in [6.45, 7) is 3.81. The molecule has 2 heterocycles. The molecule has 166 valence electrons. The molecule has 0 radical (unpaired) electrons. The highest BCUT2D eigenvalue weighted by molar-refractivity contribution is 7.89. The van der Waals surface area contributed by atoms with Gasteiger partial charge in [-0.25, -0.2) is 12.7 Å². The number of carbonyl (C=O) groups excluding carboxylic acids is 2. The van der Waals surface area contributed by atoms with Crippen LogP contribution in [-0.4, -0.2) is 59.4 Å². The fourth-order valence-electron chi connectivity index (χ4n) is 4.13. The molecule has 1 aliphatic carbocycles. The van der Waals surface area contributed by atoms with Crippen molar-refractivity contribution in [2.75, 3.05) is 19.4 Å². The number of hydrogen-bond donors (Lipinski definition) is 1. The smallest absolute Gasteiger partial charge is 0.256 e. The minimum Gasteiger partial charge on any atom is -0.331 e. The number of benzene rings is 1. The van der Waals surface area contributed by atoms with E-state index in [-0.39, 0.29) is 28.3 Å². The van der Waals surface area contributed by atoms with Crippen molar-refractivity contribution in [2.24, 2.45) is 13.0 Å². The van der Waals surface area contributed by atoms with Crippen molar-refractivity contribution < 1.29 is 18.0 Å². The van der Waals surface area contributed by atoms with E-state index in [1.165, 1.54) is 27.1 Å². The highest BCUT2D eigenvalue weighted by atomic mass is 32.2. The van der Waals surface area contributed by atoms with Gasteiger partial charge in [-0.3, -0.25) is 14.3 Å². The van der Waals surface area contributed by atoms with Gasteiger partial charge >= 0.3 is 0 Å². The summed E-state index contributed by atoms with van der Waals surface area (Å²) >= 11 is 0. The summed E-state index contributed by atoms with van der Waals surface area (Å²) in [7, 11) is 0.776. The van der Waals surface area contributed by atoms with Gasteiger partial charge in [0.1, 0.15) is 0 Å². The minimum absolute atomic E-state index is 0.00257. The average Bonchev–Trinajstić information content (AvgIpc) is 3.40. The molecule has 1 aliphatic heterocycles. The van der Waals surface area contributed by atoms with Crippen LogP contribution in [0.3, 0.4) is 0 Å². The molecule has 10 heteroatoms. The lowest BCUT2D eigenvalue weighted by atomic mass is 10.0. The molecule has 0 bridgehead atoms. The van der Waals surface area contributed by atoms with E-state index in [0.717, 1.165) is 17.1 Å². The van der Waals surface area contributed by atoms with E-state index >= 15 is 0 Å². The quantitative estimate of drug-likeness (QED) is 0.733. The number of aromatic nitrogens is 2. The maximum absolute atomic E-state index is 13.3. The summed E-state index contributed by atoms with van der Waals surface area (Å²) in [5.74, 6) is 0.376. The second-order valence-electron chi connectivity index (χ2n) is 8.53. The van der Waals surface area contributed by atoms with Crippen LogP contribution in [0.4, 0.5) is 5.82 Å². The fraction of sp³-hybridized carbons (Fsp3) is 0.476. The van der Waals surface area contributed by atoms with Crippen LogP contribution < -0.4 is 5.32 Å². The molecular weight excluding hydrogens is 418 g/mol. The first-order chi connectivity index (χ1) is 14.5. The van der Waals surface area contributed by atoms with Crippen LogP contribution in [0, 0.1) is 5.92 Å². The standard InChI is InChI=1S/C21H27N5O4S/c1-12(14-6-7-14)26-11-16-8-15(17-10-19(22-13(2)27)23-25(17)5)9-18(20(16)21(26)28)31(29,30)24(3)4/h8-10,12,14H,6-7,11H2,1-5H3,(H,22,23,27)/t12-/m0/s1. The van der Waals surface area contributed by atoms with E-state index in [2.05, 4.69) is 10.4 Å². The van der Waals surface area contributed by atoms with Gasteiger partial charge in [0.15, 0.2) is 5.82 Å². The number of amides is 2. The Hall–Kier alpha value is -2.72. The maximum Gasteiger partial charge on any atom is 0.256 e. The number of carbonyl (C=O) groups is 2. The molecule has 1 fully saturated rings. The molecule has 9 nitrogen and oxygen atoms in total. The maximum atomic E-state index is 13.3. The Morgan fingerprint density at radius 3 is 2.52 bits per heavy atom. The Balaban J connectivity index is 1.86. The predicted molar refractivity (Wildman–Crippen MR) is 116 cm³/mol. The molecule has 4 rings (SSSR count). The Bertz CT molecular complexity index is 1180. The van der Waals surface area contributed by atoms with Crippen LogP contribution in [0.2, 0.25) is 0 Å². The third-order valence-corrected chi connectivity index (χ3v) is 7.87. The summed E-state index contributed by atoms with van der Waals surface area (Å²) in [6, 6.07) is 5.15. The summed E-state index contributed by atoms with van der Waals surface area (Å²) in [6.07, 6.45) is 2.19. The van der Waals surface area contributed by atoms with Gasteiger partial charge in [-0.1, -0.05) is 0 Å². The third kappa shape index (κ3) is 3.74. The van der Waals surface area contributed by atoms with Crippen molar-refractivity contribution >= 4 is 27.7 Å². The minimum atomic E-state index is -3.86. The van der Waals surface area contributed by atoms with Gasteiger partial charge in [-0.05, 0) is 43.4 Å². The second kappa shape index (κ2) is 7.45. The monoisotopic (exact) mass is 445 g/mol. The molecule has 1 aromatic carbocycles. The van der Waals surface area contributed by atoms with Gasteiger partial charge in [0.05, 0.1) is 16.2 Å². The number of fused-ring (bicyclic) bond motifs is 1. The summed E-state index contributed by atoms with van der Waals surface area (Å²) in [5.41, 5.74) is 2.22. The molecule has 1 saturated carbocycles. The van der Waals surface area contributed by atoms with Crippen molar-refractivity contribution in [3.63, 3.8) is 0 Å². The number of rotatable bonds is 6. The Morgan fingerprint density at radius 2 is 1.94 bits per heavy atom. The molecule has 1 aromatic heterocycles. The summed E-state index contributed by atoms with van der Waals surface area (Å²) in [4.78, 5) is 26.5. The summed E-state index contributed by atoms with van der Waals surface area (Å²) in [5, 5.41) is 6.92. The van der Waals surface area contributed by atoms with E-state index in [9.17, 15) is 18.0 Å². The number of anilines is 1. The van der Waals surface area contributed by atoms with E-state index in [1.54, 1.807) is 22.7 Å². The molecule has 0 saturated heterocycles. The highest BCUT2D eigenvalue weighted by Crippen LogP contribution is 2.41. The van der Waals surface area contributed by atoms with E-state index in [4.69, 9.17) is 0 Å². The van der Waals surface area contributed by atoms with E-state index < -0.39 is 10.0 Å². The van der Waals surface area contributed by atoms with Gasteiger partial charge in [0, 0.05) is 52.3 Å². The van der Waals surface area contributed by atoms with Crippen molar-refractivity contribution in [1.82, 2.24) is 19.0 Å². The fourth-order valence-corrected chi connectivity index (χ4v) is 5.27. The lowest BCUT2D eigenvalue weighted by Crippen LogP contribution is -2.35. The van der Waals surface area contributed by atoms with Crippen LogP contribution in [0.1, 0.15) is 42.6 Å². The number of aryl methyl sites for hydroxylation is 1. The lowest BCUT2D eigenvalue weighted by molar-refractivity contribution is -0.114. The Kier molecular flexibility index (Phi) is 5.17. The van der Waals surface area contributed by atoms with Crippen LogP contribution in [-0.2, 0) is 28.4 Å². The zero-order chi connectivity index (χ0) is 22.7. The molecule has 31 heavy (non-hydrogen) atoms. The van der Waals surface area contributed by atoms with E-state index in [0.29, 0.717) is 35.1 Å². The van der Waals surface area contributed by atoms with Crippen LogP contribution in [0.25, 0.3) is 11.3 Å². The summed E-state index contributed by atoms with van der Waals surface area (Å²) < 4.78 is 29.0. The molecule has 0 spiro atoms. The van der Waals surface area contributed by atoms with Crippen LogP contribution in [0.5, 0.6) is 0 Å². The first kappa shape index (κ1) is 21.5. The van der Waals surface area contributed by atoms with Gasteiger partial charge in [0.25, 0.3) is 5.91 Å². The average molecular weight is 446 g/mol. The molecular formula is C21H27N5O4S. The van der Waals surface area contributed by atoms with Crippen molar-refractivity contribution in [2.45, 2.75) is 44.2 Å². The topological polar surface area (TPSA) is 105 Å². The molecule has 2 amide bonds. The highest BCUT2D eigenvalue weighted by Gasteiger charge is 2.41. The number of nitrogens with one attached hydrogen (secondary N) is 1. The van der Waals surface area contributed by atoms with Crippen molar-refractivity contribution in [1.29, 1.82) is 0 Å². The molecule has 2 aromatic rings. The Labute approximate surface area is 182 Å². The van der Waals surface area contributed by atoms with Crippen LogP contribution in [0.15, 0.2) is 23.1 Å². The van der Waals surface area contributed by atoms with E-state index in [1.807, 2.05) is 13.0 Å². The van der Waals surface area contributed by atoms with Gasteiger partial charge in [-0.15, -0.1) is 0 Å². The van der Waals surface area contributed by atoms with Crippen molar-refractivity contribution in [3.8, 4) is 11.3 Å². The predicted octanol–water partition coefficient (Wildman–Crippen LogP) is 2.05. The van der Waals surface area contributed by atoms with Gasteiger partial charge < -0.3 is 10.2 Å². The number of nitrogens with zero attached hydrogens (tertiary/aromatic N) is 4. The SMILES string of the molecule is CC(=O)Nc1cc(-c2cc3c(c(S(=O)(=O)N(C)C)c2)C(=O)N([C@@H](C)C2CC2)C3)n(C)n1. The third-order valence-electron chi connectivity index (χ3n) is 6.03. The lowest BCUT2D eigenvalue weighted by Gasteiger charge is -2.24. The van der Waals surface area contributed by atoms with Crippen molar-refractivity contribution in [3.05, 3.63) is 29.3 Å². The molecule has 0 unspecified atom stereocenters. The first-order valence-electron chi connectivity index (χ1n) is 10.2. The normalized spacial score (nSPS) is 17.2.